The summed E-state index contributed by atoms with van der Waals surface area (Å²) in [7, 11) is 0. The first-order valence-corrected chi connectivity index (χ1v) is 4.06. The van der Waals surface area contributed by atoms with E-state index < -0.39 is 0 Å². The Morgan fingerprint density at radius 1 is 1.23 bits per heavy atom. The summed E-state index contributed by atoms with van der Waals surface area (Å²) in [6.07, 6.45) is 1.51. The van der Waals surface area contributed by atoms with Crippen molar-refractivity contribution >= 4 is 11.6 Å². The van der Waals surface area contributed by atoms with Crippen molar-refractivity contribution in [3.8, 4) is 0 Å². The summed E-state index contributed by atoms with van der Waals surface area (Å²) in [6, 6.07) is 7.02. The zero-order valence-corrected chi connectivity index (χ0v) is 7.70. The third-order valence-corrected chi connectivity index (χ3v) is 1.66. The Labute approximate surface area is 77.6 Å². The Morgan fingerprint density at radius 3 is 2.46 bits per heavy atom. The highest BCUT2D eigenvalue weighted by molar-refractivity contribution is 5.95. The van der Waals surface area contributed by atoms with Gasteiger partial charge in [0.2, 0.25) is 0 Å². The minimum absolute atomic E-state index is 0.0128. The third-order valence-electron chi connectivity index (χ3n) is 1.66. The molecule has 0 spiro atoms. The van der Waals surface area contributed by atoms with E-state index in [-0.39, 0.29) is 11.6 Å². The van der Waals surface area contributed by atoms with Crippen molar-refractivity contribution in [3.63, 3.8) is 0 Å². The molecule has 0 aliphatic rings. The largest absolute Gasteiger partial charge is 0.299 e. The predicted molar refractivity (Wildman–Crippen MR) is 50.5 cm³/mol. The van der Waals surface area contributed by atoms with Crippen LogP contribution in [-0.4, -0.2) is 11.6 Å². The molecule has 0 aliphatic carbocycles. The molecule has 0 atom stereocenters. The summed E-state index contributed by atoms with van der Waals surface area (Å²) in [5, 5.41) is 0. The molecule has 0 fully saturated rings. The first-order chi connectivity index (χ1) is 6.09. The molecule has 0 amide bonds. The molecule has 0 saturated heterocycles. The molecule has 1 radical (unpaired) electrons. The van der Waals surface area contributed by atoms with Crippen molar-refractivity contribution in [1.29, 1.82) is 0 Å². The zero-order valence-electron chi connectivity index (χ0n) is 7.70. The van der Waals surface area contributed by atoms with Gasteiger partial charge in [0.1, 0.15) is 5.78 Å². The second kappa shape index (κ2) is 3.99. The fourth-order valence-corrected chi connectivity index (χ4v) is 1.08. The molecule has 0 saturated carbocycles. The Kier molecular flexibility index (Phi) is 2.96. The lowest BCUT2D eigenvalue weighted by atomic mass is 10.0. The molecule has 2 heteroatoms. The van der Waals surface area contributed by atoms with Gasteiger partial charge in [-0.3, -0.25) is 9.59 Å². The first-order valence-electron chi connectivity index (χ1n) is 4.06. The number of Topliss-reactive ketones (excluding diaryl/α,β-unsaturated/α-hetero) is 2. The van der Waals surface area contributed by atoms with Crippen molar-refractivity contribution in [1.82, 2.24) is 0 Å². The molecule has 0 aromatic heterocycles. The molecule has 0 bridgehead atoms. The molecule has 1 aromatic carbocycles. The normalized spacial score (nSPS) is 9.69. The van der Waals surface area contributed by atoms with Crippen molar-refractivity contribution in [2.45, 2.75) is 13.8 Å². The Hall–Kier alpha value is -1.44. The molecule has 0 heterocycles. The third kappa shape index (κ3) is 2.82. The van der Waals surface area contributed by atoms with Crippen LogP contribution in [0.1, 0.15) is 29.8 Å². The highest BCUT2D eigenvalue weighted by Crippen LogP contribution is 2.08. The van der Waals surface area contributed by atoms with Crippen LogP contribution in [-0.2, 0) is 4.79 Å². The van der Waals surface area contributed by atoms with E-state index in [1.807, 2.05) is 0 Å². The van der Waals surface area contributed by atoms with Crippen LogP contribution in [0, 0.1) is 6.42 Å². The summed E-state index contributed by atoms with van der Waals surface area (Å²) < 4.78 is 0. The van der Waals surface area contributed by atoms with Crippen molar-refractivity contribution in [2.75, 3.05) is 0 Å². The second-order valence-electron chi connectivity index (χ2n) is 2.94. The van der Waals surface area contributed by atoms with Crippen LogP contribution < -0.4 is 0 Å². The standard InChI is InChI=1S/C11H11O2/c1-8(12)6-10-4-3-5-11(7-10)9(2)13/h3-7H,1-2H3. The number of carbonyl (C=O) groups excluding carboxylic acids is 2. The number of hydrogen-bond acceptors (Lipinski definition) is 2. The fraction of sp³-hybridized carbons (Fsp3) is 0.182. The maximum Gasteiger partial charge on any atom is 0.159 e. The molecule has 2 nitrogen and oxygen atoms in total. The monoisotopic (exact) mass is 175 g/mol. The van der Waals surface area contributed by atoms with Gasteiger partial charge in [0.05, 0.1) is 6.42 Å². The van der Waals surface area contributed by atoms with Crippen LogP contribution in [0.5, 0.6) is 0 Å². The summed E-state index contributed by atoms with van der Waals surface area (Å²) >= 11 is 0. The fourth-order valence-electron chi connectivity index (χ4n) is 1.08. The number of ketones is 2. The van der Waals surface area contributed by atoms with Crippen molar-refractivity contribution in [3.05, 3.63) is 41.8 Å². The number of hydrogen-bond donors (Lipinski definition) is 0. The van der Waals surface area contributed by atoms with Gasteiger partial charge in [0.15, 0.2) is 5.78 Å². The second-order valence-corrected chi connectivity index (χ2v) is 2.94. The van der Waals surface area contributed by atoms with E-state index in [9.17, 15) is 9.59 Å². The smallest absolute Gasteiger partial charge is 0.159 e. The van der Waals surface area contributed by atoms with E-state index in [0.717, 1.165) is 5.56 Å². The van der Waals surface area contributed by atoms with Crippen molar-refractivity contribution < 1.29 is 9.59 Å². The van der Waals surface area contributed by atoms with Gasteiger partial charge in [0, 0.05) is 5.56 Å². The first kappa shape index (κ1) is 9.65. The summed E-state index contributed by atoms with van der Waals surface area (Å²) in [6.45, 7) is 2.99. The molecule has 1 rings (SSSR count). The number of carbonyl (C=O) groups is 2. The van der Waals surface area contributed by atoms with Gasteiger partial charge < -0.3 is 0 Å². The van der Waals surface area contributed by atoms with Gasteiger partial charge in [-0.15, -0.1) is 0 Å². The molecule has 67 valence electrons. The molecular weight excluding hydrogens is 164 g/mol. The van der Waals surface area contributed by atoms with E-state index >= 15 is 0 Å². The molecule has 13 heavy (non-hydrogen) atoms. The minimum atomic E-state index is -0.0132. The topological polar surface area (TPSA) is 34.1 Å². The van der Waals surface area contributed by atoms with E-state index in [1.165, 1.54) is 20.3 Å². The number of benzene rings is 1. The Morgan fingerprint density at radius 2 is 1.92 bits per heavy atom. The summed E-state index contributed by atoms with van der Waals surface area (Å²) in [5.41, 5.74) is 1.41. The molecular formula is C11H11O2. The van der Waals surface area contributed by atoms with Crippen LogP contribution in [0.25, 0.3) is 0 Å². The zero-order chi connectivity index (χ0) is 9.84. The number of rotatable bonds is 3. The highest BCUT2D eigenvalue weighted by atomic mass is 16.1. The summed E-state index contributed by atoms with van der Waals surface area (Å²) in [5.74, 6) is -0.000459. The van der Waals surface area contributed by atoms with Crippen LogP contribution in [0.15, 0.2) is 24.3 Å². The average Bonchev–Trinajstić information content (AvgIpc) is 2.03. The predicted octanol–water partition coefficient (Wildman–Crippen LogP) is 2.03. The van der Waals surface area contributed by atoms with Gasteiger partial charge in [0.25, 0.3) is 0 Å². The molecule has 0 N–H and O–H groups in total. The molecule has 1 aromatic rings. The van der Waals surface area contributed by atoms with Crippen LogP contribution in [0.4, 0.5) is 0 Å². The van der Waals surface area contributed by atoms with Crippen LogP contribution >= 0.6 is 0 Å². The maximum absolute atomic E-state index is 11.0. The molecule has 0 unspecified atom stereocenters. The van der Waals surface area contributed by atoms with E-state index in [0.29, 0.717) is 5.56 Å². The highest BCUT2D eigenvalue weighted by Gasteiger charge is 2.02. The summed E-state index contributed by atoms with van der Waals surface area (Å²) in [4.78, 5) is 21.7. The SMILES string of the molecule is CC(=O)[CH]c1cccc(C(C)=O)c1. The Balaban J connectivity index is 2.91. The molecule has 0 aliphatic heterocycles. The van der Waals surface area contributed by atoms with Crippen molar-refractivity contribution in [2.24, 2.45) is 0 Å². The van der Waals surface area contributed by atoms with E-state index in [1.54, 1.807) is 24.3 Å². The maximum atomic E-state index is 11.0. The van der Waals surface area contributed by atoms with E-state index in [4.69, 9.17) is 0 Å². The lowest BCUT2D eigenvalue weighted by Crippen LogP contribution is -1.96. The van der Waals surface area contributed by atoms with Crippen LogP contribution in [0.2, 0.25) is 0 Å². The lowest BCUT2D eigenvalue weighted by molar-refractivity contribution is -0.113. The Bertz CT molecular complexity index is 340. The van der Waals surface area contributed by atoms with Gasteiger partial charge in [-0.2, -0.15) is 0 Å². The minimum Gasteiger partial charge on any atom is -0.299 e. The average molecular weight is 175 g/mol. The quantitative estimate of drug-likeness (QED) is 0.659. The van der Waals surface area contributed by atoms with E-state index in [2.05, 4.69) is 0 Å². The van der Waals surface area contributed by atoms with Gasteiger partial charge in [-0.05, 0) is 25.5 Å². The lowest BCUT2D eigenvalue weighted by Gasteiger charge is -1.99. The van der Waals surface area contributed by atoms with Gasteiger partial charge in [-0.25, -0.2) is 0 Å². The van der Waals surface area contributed by atoms with Gasteiger partial charge >= 0.3 is 0 Å². The van der Waals surface area contributed by atoms with Gasteiger partial charge in [-0.1, -0.05) is 18.2 Å². The van der Waals surface area contributed by atoms with Crippen LogP contribution in [0.3, 0.4) is 0 Å².